The van der Waals surface area contributed by atoms with Crippen LogP contribution in [0.15, 0.2) is 41.0 Å². The Morgan fingerprint density at radius 2 is 2.20 bits per heavy atom. The summed E-state index contributed by atoms with van der Waals surface area (Å²) in [6, 6.07) is 7.93. The number of phenols is 1. The molecule has 0 unspecified atom stereocenters. The second-order valence-corrected chi connectivity index (χ2v) is 6.50. The molecule has 1 saturated heterocycles. The Morgan fingerprint density at radius 3 is 2.92 bits per heavy atom. The van der Waals surface area contributed by atoms with Crippen LogP contribution in [0.2, 0.25) is 5.02 Å². The summed E-state index contributed by atoms with van der Waals surface area (Å²) in [5.74, 6) is 0.00390. The van der Waals surface area contributed by atoms with Crippen LogP contribution < -0.4 is 5.32 Å². The highest BCUT2D eigenvalue weighted by molar-refractivity contribution is 6.32. The fourth-order valence-electron chi connectivity index (χ4n) is 2.96. The van der Waals surface area contributed by atoms with Gasteiger partial charge >= 0.3 is 0 Å². The van der Waals surface area contributed by atoms with Crippen molar-refractivity contribution < 1.29 is 19.1 Å². The van der Waals surface area contributed by atoms with Crippen molar-refractivity contribution in [1.29, 1.82) is 0 Å². The van der Waals surface area contributed by atoms with Gasteiger partial charge in [0, 0.05) is 19.1 Å². The van der Waals surface area contributed by atoms with Crippen LogP contribution in [0.25, 0.3) is 0 Å². The molecule has 3 rings (SSSR count). The zero-order chi connectivity index (χ0) is 17.8. The number of rotatable bonds is 4. The van der Waals surface area contributed by atoms with Crippen molar-refractivity contribution in [2.45, 2.75) is 25.3 Å². The molecular formula is C18H19ClN2O4. The quantitative estimate of drug-likeness (QED) is 0.875. The number of piperidine rings is 1. The number of nitrogens with one attached hydrogen (secondary N) is 1. The largest absolute Gasteiger partial charge is 0.506 e. The minimum Gasteiger partial charge on any atom is -0.506 e. The summed E-state index contributed by atoms with van der Waals surface area (Å²) in [5, 5.41) is 12.6. The SMILES string of the molecule is O=C(Cc1ccc(O)c(Cl)c1)N[C@H]1CCCN(C(=O)c2ccco2)C1. The molecule has 0 saturated carbocycles. The summed E-state index contributed by atoms with van der Waals surface area (Å²) in [4.78, 5) is 26.3. The van der Waals surface area contributed by atoms with Crippen molar-refractivity contribution in [3.8, 4) is 5.75 Å². The zero-order valence-electron chi connectivity index (χ0n) is 13.6. The molecule has 1 aliphatic heterocycles. The van der Waals surface area contributed by atoms with Crippen LogP contribution in [0.1, 0.15) is 29.0 Å². The van der Waals surface area contributed by atoms with Gasteiger partial charge in [-0.1, -0.05) is 17.7 Å². The lowest BCUT2D eigenvalue weighted by Crippen LogP contribution is -2.49. The molecule has 6 nitrogen and oxygen atoms in total. The molecule has 1 aliphatic rings. The Labute approximate surface area is 150 Å². The number of nitrogens with zero attached hydrogens (tertiary/aromatic N) is 1. The number of carbonyl (C=O) groups excluding carboxylic acids is 2. The number of aromatic hydroxyl groups is 1. The van der Waals surface area contributed by atoms with E-state index in [2.05, 4.69) is 5.32 Å². The maximum atomic E-state index is 12.3. The average molecular weight is 363 g/mol. The molecule has 1 fully saturated rings. The maximum Gasteiger partial charge on any atom is 0.289 e. The third-order valence-corrected chi connectivity index (χ3v) is 4.49. The monoisotopic (exact) mass is 362 g/mol. The first-order chi connectivity index (χ1) is 12.0. The smallest absolute Gasteiger partial charge is 0.289 e. The number of phenolic OH excluding ortho intramolecular Hbond substituents is 1. The molecule has 2 heterocycles. The normalized spacial score (nSPS) is 17.3. The summed E-state index contributed by atoms with van der Waals surface area (Å²) in [6.07, 6.45) is 3.29. The number of amides is 2. The first-order valence-electron chi connectivity index (χ1n) is 8.12. The predicted molar refractivity (Wildman–Crippen MR) is 92.6 cm³/mol. The van der Waals surface area contributed by atoms with Gasteiger partial charge in [-0.15, -0.1) is 0 Å². The molecule has 132 valence electrons. The van der Waals surface area contributed by atoms with E-state index in [-0.39, 0.29) is 35.0 Å². The standard InChI is InChI=1S/C18H19ClN2O4/c19-14-9-12(5-6-15(14)22)10-17(23)20-13-3-1-7-21(11-13)18(24)16-4-2-8-25-16/h2,4-6,8-9,13,22H,1,3,7,10-11H2,(H,20,23)/t13-/m0/s1. The van der Waals surface area contributed by atoms with Gasteiger partial charge in [0.15, 0.2) is 5.76 Å². The van der Waals surface area contributed by atoms with E-state index >= 15 is 0 Å². The summed E-state index contributed by atoms with van der Waals surface area (Å²) < 4.78 is 5.15. The lowest BCUT2D eigenvalue weighted by atomic mass is 10.0. The summed E-state index contributed by atoms with van der Waals surface area (Å²) >= 11 is 5.86. The lowest BCUT2D eigenvalue weighted by Gasteiger charge is -2.32. The number of furan rings is 1. The highest BCUT2D eigenvalue weighted by atomic mass is 35.5. The summed E-state index contributed by atoms with van der Waals surface area (Å²) in [6.45, 7) is 1.11. The van der Waals surface area contributed by atoms with Gasteiger partial charge in [-0.3, -0.25) is 9.59 Å². The summed E-state index contributed by atoms with van der Waals surface area (Å²) in [7, 11) is 0. The molecule has 1 atom stereocenters. The minimum atomic E-state index is -0.158. The van der Waals surface area contributed by atoms with Crippen LogP contribution in [0.5, 0.6) is 5.75 Å². The van der Waals surface area contributed by atoms with Crippen LogP contribution in [-0.2, 0) is 11.2 Å². The van der Waals surface area contributed by atoms with E-state index < -0.39 is 0 Å². The zero-order valence-corrected chi connectivity index (χ0v) is 14.3. The first kappa shape index (κ1) is 17.4. The molecule has 1 aromatic carbocycles. The van der Waals surface area contributed by atoms with Crippen molar-refractivity contribution in [2.75, 3.05) is 13.1 Å². The third kappa shape index (κ3) is 4.33. The van der Waals surface area contributed by atoms with Crippen molar-refractivity contribution in [3.63, 3.8) is 0 Å². The Kier molecular flexibility index (Phi) is 5.28. The van der Waals surface area contributed by atoms with Gasteiger partial charge in [-0.05, 0) is 42.7 Å². The molecule has 25 heavy (non-hydrogen) atoms. The molecule has 0 aliphatic carbocycles. The van der Waals surface area contributed by atoms with Crippen molar-refractivity contribution >= 4 is 23.4 Å². The number of benzene rings is 1. The van der Waals surface area contributed by atoms with Crippen LogP contribution in [-0.4, -0.2) is 41.0 Å². The van der Waals surface area contributed by atoms with Crippen molar-refractivity contribution in [2.24, 2.45) is 0 Å². The molecule has 0 spiro atoms. The number of hydrogen-bond donors (Lipinski definition) is 2. The Balaban J connectivity index is 1.55. The van der Waals surface area contributed by atoms with Crippen molar-refractivity contribution in [1.82, 2.24) is 10.2 Å². The second kappa shape index (κ2) is 7.61. The molecule has 0 bridgehead atoms. The number of carbonyl (C=O) groups is 2. The fourth-order valence-corrected chi connectivity index (χ4v) is 3.16. The fraction of sp³-hybridized carbons (Fsp3) is 0.333. The Hall–Kier alpha value is -2.47. The topological polar surface area (TPSA) is 82.8 Å². The van der Waals surface area contributed by atoms with Gasteiger partial charge < -0.3 is 19.7 Å². The van der Waals surface area contributed by atoms with Crippen molar-refractivity contribution in [3.05, 3.63) is 52.9 Å². The highest BCUT2D eigenvalue weighted by Gasteiger charge is 2.26. The maximum absolute atomic E-state index is 12.3. The van der Waals surface area contributed by atoms with Gasteiger partial charge in [0.05, 0.1) is 17.7 Å². The average Bonchev–Trinajstić information content (AvgIpc) is 3.12. The lowest BCUT2D eigenvalue weighted by molar-refractivity contribution is -0.121. The number of likely N-dealkylation sites (tertiary alicyclic amines) is 1. The molecule has 1 aromatic heterocycles. The van der Waals surface area contributed by atoms with Gasteiger partial charge in [-0.2, -0.15) is 0 Å². The first-order valence-corrected chi connectivity index (χ1v) is 8.50. The van der Waals surface area contributed by atoms with E-state index in [1.165, 1.54) is 12.3 Å². The van der Waals surface area contributed by atoms with E-state index in [4.69, 9.17) is 16.0 Å². The van der Waals surface area contributed by atoms with Gasteiger partial charge in [0.25, 0.3) is 5.91 Å². The van der Waals surface area contributed by atoms with Crippen LogP contribution in [0, 0.1) is 0 Å². The van der Waals surface area contributed by atoms with E-state index in [9.17, 15) is 14.7 Å². The Morgan fingerprint density at radius 1 is 1.36 bits per heavy atom. The highest BCUT2D eigenvalue weighted by Crippen LogP contribution is 2.24. The Bertz CT molecular complexity index is 760. The van der Waals surface area contributed by atoms with Gasteiger partial charge in [-0.25, -0.2) is 0 Å². The molecule has 0 radical (unpaired) electrons. The molecular weight excluding hydrogens is 344 g/mol. The summed E-state index contributed by atoms with van der Waals surface area (Å²) in [5.41, 5.74) is 0.722. The molecule has 7 heteroatoms. The van der Waals surface area contributed by atoms with Crippen LogP contribution in [0.3, 0.4) is 0 Å². The van der Waals surface area contributed by atoms with Crippen LogP contribution in [0.4, 0.5) is 0 Å². The predicted octanol–water partition coefficient (Wildman–Crippen LogP) is 2.60. The van der Waals surface area contributed by atoms with Gasteiger partial charge in [0.1, 0.15) is 5.75 Å². The molecule has 2 aromatic rings. The van der Waals surface area contributed by atoms with E-state index in [0.717, 1.165) is 18.4 Å². The molecule has 2 amide bonds. The van der Waals surface area contributed by atoms with E-state index in [0.29, 0.717) is 18.8 Å². The molecule has 2 N–H and O–H groups in total. The van der Waals surface area contributed by atoms with Crippen LogP contribution >= 0.6 is 11.6 Å². The minimum absolute atomic E-state index is 0.00909. The van der Waals surface area contributed by atoms with Gasteiger partial charge in [0.2, 0.25) is 5.91 Å². The third-order valence-electron chi connectivity index (χ3n) is 4.18. The number of hydrogen-bond acceptors (Lipinski definition) is 4. The number of halogens is 1. The second-order valence-electron chi connectivity index (χ2n) is 6.10. The van der Waals surface area contributed by atoms with E-state index in [1.54, 1.807) is 29.2 Å². The van der Waals surface area contributed by atoms with E-state index in [1.807, 2.05) is 0 Å².